The van der Waals surface area contributed by atoms with Gasteiger partial charge in [-0.2, -0.15) is 0 Å². The monoisotopic (exact) mass is 314 g/mol. The van der Waals surface area contributed by atoms with Crippen LogP contribution in [-0.2, 0) is 10.2 Å². The number of amides is 1. The van der Waals surface area contributed by atoms with Gasteiger partial charge in [-0.15, -0.1) is 0 Å². The van der Waals surface area contributed by atoms with E-state index in [0.717, 1.165) is 29.8 Å². The smallest absolute Gasteiger partial charge is 0.237 e. The summed E-state index contributed by atoms with van der Waals surface area (Å²) in [5.74, 6) is 0.0710. The number of phenolic OH excluding ortho intramolecular Hbond substituents is 1. The number of aromatic hydroxyl groups is 1. The highest BCUT2D eigenvalue weighted by Crippen LogP contribution is 2.51. The standard InChI is InChI=1S/C17H15ClN2O2/c18-12-9-10(5-6-14(12)21)15-17(7-8-19-15)11-3-1-2-4-13(11)20-16(17)22/h1-6,9,15,19,21H,7-8H2,(H,20,22)/t15-,17+/m0/s1. The van der Waals surface area contributed by atoms with Crippen molar-refractivity contribution in [1.82, 2.24) is 5.32 Å². The lowest BCUT2D eigenvalue weighted by molar-refractivity contribution is -0.121. The van der Waals surface area contributed by atoms with Crippen LogP contribution in [0, 0.1) is 0 Å². The van der Waals surface area contributed by atoms with Crippen molar-refractivity contribution in [2.24, 2.45) is 0 Å². The second-order valence-electron chi connectivity index (χ2n) is 5.82. The lowest BCUT2D eigenvalue weighted by atomic mass is 9.73. The van der Waals surface area contributed by atoms with Gasteiger partial charge in [0.2, 0.25) is 5.91 Å². The number of halogens is 1. The van der Waals surface area contributed by atoms with E-state index in [1.165, 1.54) is 0 Å². The first-order valence-corrected chi connectivity index (χ1v) is 7.63. The lowest BCUT2D eigenvalue weighted by Gasteiger charge is -2.29. The van der Waals surface area contributed by atoms with Gasteiger partial charge in [0.25, 0.3) is 0 Å². The molecule has 22 heavy (non-hydrogen) atoms. The lowest BCUT2D eigenvalue weighted by Crippen LogP contribution is -2.39. The molecule has 1 spiro atoms. The number of fused-ring (bicyclic) bond motifs is 2. The van der Waals surface area contributed by atoms with Crippen molar-refractivity contribution in [1.29, 1.82) is 0 Å². The molecule has 2 aromatic carbocycles. The first-order valence-electron chi connectivity index (χ1n) is 7.26. The number of carbonyl (C=O) groups is 1. The summed E-state index contributed by atoms with van der Waals surface area (Å²) in [6, 6.07) is 12.8. The molecule has 0 unspecified atom stereocenters. The molecular formula is C17H15ClN2O2. The second kappa shape index (κ2) is 4.73. The van der Waals surface area contributed by atoms with E-state index in [-0.39, 0.29) is 17.7 Å². The largest absolute Gasteiger partial charge is 0.506 e. The molecule has 4 nitrogen and oxygen atoms in total. The summed E-state index contributed by atoms with van der Waals surface area (Å²) >= 11 is 6.05. The Bertz CT molecular complexity index is 777. The molecular weight excluding hydrogens is 300 g/mol. The van der Waals surface area contributed by atoms with Gasteiger partial charge in [-0.25, -0.2) is 0 Å². The number of benzene rings is 2. The van der Waals surface area contributed by atoms with Crippen LogP contribution in [-0.4, -0.2) is 17.6 Å². The highest BCUT2D eigenvalue weighted by Gasteiger charge is 2.55. The summed E-state index contributed by atoms with van der Waals surface area (Å²) in [4.78, 5) is 12.8. The molecule has 0 radical (unpaired) electrons. The van der Waals surface area contributed by atoms with Crippen LogP contribution in [0.4, 0.5) is 5.69 Å². The molecule has 1 amide bonds. The van der Waals surface area contributed by atoms with Crippen molar-refractivity contribution in [2.45, 2.75) is 17.9 Å². The average Bonchev–Trinajstić information content (AvgIpc) is 3.07. The third-order valence-corrected chi connectivity index (χ3v) is 5.03. The molecule has 1 fully saturated rings. The summed E-state index contributed by atoms with van der Waals surface area (Å²) in [5.41, 5.74) is 2.20. The van der Waals surface area contributed by atoms with E-state index in [1.54, 1.807) is 12.1 Å². The molecule has 5 heteroatoms. The van der Waals surface area contributed by atoms with Crippen molar-refractivity contribution in [2.75, 3.05) is 11.9 Å². The number of nitrogens with one attached hydrogen (secondary N) is 2. The first-order chi connectivity index (χ1) is 10.6. The number of para-hydroxylation sites is 1. The minimum Gasteiger partial charge on any atom is -0.506 e. The Kier molecular flexibility index (Phi) is 2.93. The van der Waals surface area contributed by atoms with Gasteiger partial charge in [0, 0.05) is 5.69 Å². The van der Waals surface area contributed by atoms with Crippen LogP contribution in [0.25, 0.3) is 0 Å². The SMILES string of the molecule is O=C1Nc2ccccc2[C@@]12CCN[C@H]2c1ccc(O)c(Cl)c1. The molecule has 2 atom stereocenters. The van der Waals surface area contributed by atoms with Gasteiger partial charge >= 0.3 is 0 Å². The van der Waals surface area contributed by atoms with Crippen LogP contribution in [0.15, 0.2) is 42.5 Å². The average molecular weight is 315 g/mol. The van der Waals surface area contributed by atoms with Crippen LogP contribution in [0.2, 0.25) is 5.02 Å². The fraction of sp³-hybridized carbons (Fsp3) is 0.235. The minimum absolute atomic E-state index is 0.0212. The van der Waals surface area contributed by atoms with E-state index in [2.05, 4.69) is 10.6 Å². The van der Waals surface area contributed by atoms with Gasteiger partial charge in [-0.05, 0) is 42.3 Å². The molecule has 0 bridgehead atoms. The molecule has 2 aliphatic heterocycles. The van der Waals surface area contributed by atoms with Crippen molar-refractivity contribution in [3.05, 3.63) is 58.6 Å². The third-order valence-electron chi connectivity index (χ3n) is 4.73. The zero-order chi connectivity index (χ0) is 15.3. The maximum atomic E-state index is 12.8. The van der Waals surface area contributed by atoms with E-state index in [1.807, 2.05) is 30.3 Å². The van der Waals surface area contributed by atoms with Gasteiger partial charge in [0.15, 0.2) is 0 Å². The van der Waals surface area contributed by atoms with Crippen LogP contribution in [0.5, 0.6) is 5.75 Å². The van der Waals surface area contributed by atoms with E-state index < -0.39 is 5.41 Å². The fourth-order valence-electron chi connectivity index (χ4n) is 3.71. The van der Waals surface area contributed by atoms with E-state index in [4.69, 9.17) is 11.6 Å². The van der Waals surface area contributed by atoms with Crippen LogP contribution < -0.4 is 10.6 Å². The first kappa shape index (κ1) is 13.6. The van der Waals surface area contributed by atoms with Crippen molar-refractivity contribution in [3.8, 4) is 5.75 Å². The summed E-state index contributed by atoms with van der Waals surface area (Å²) in [6.45, 7) is 0.755. The van der Waals surface area contributed by atoms with Crippen LogP contribution in [0.3, 0.4) is 0 Å². The Hall–Kier alpha value is -2.04. The summed E-state index contributed by atoms with van der Waals surface area (Å²) in [7, 11) is 0. The summed E-state index contributed by atoms with van der Waals surface area (Å²) < 4.78 is 0. The Morgan fingerprint density at radius 3 is 2.86 bits per heavy atom. The maximum absolute atomic E-state index is 12.8. The summed E-state index contributed by atoms with van der Waals surface area (Å²) in [5, 5.41) is 16.3. The van der Waals surface area contributed by atoms with Crippen molar-refractivity contribution >= 4 is 23.2 Å². The quantitative estimate of drug-likeness (QED) is 0.758. The summed E-state index contributed by atoms with van der Waals surface area (Å²) in [6.07, 6.45) is 0.735. The molecule has 4 rings (SSSR count). The van der Waals surface area contributed by atoms with Crippen molar-refractivity contribution in [3.63, 3.8) is 0 Å². The zero-order valence-corrected chi connectivity index (χ0v) is 12.5. The molecule has 3 N–H and O–H groups in total. The zero-order valence-electron chi connectivity index (χ0n) is 11.8. The topological polar surface area (TPSA) is 61.4 Å². The molecule has 0 saturated carbocycles. The van der Waals surface area contributed by atoms with Gasteiger partial charge in [-0.3, -0.25) is 4.79 Å². The number of rotatable bonds is 1. The fourth-order valence-corrected chi connectivity index (χ4v) is 3.90. The van der Waals surface area contributed by atoms with Gasteiger partial charge in [0.1, 0.15) is 5.75 Å². The van der Waals surface area contributed by atoms with E-state index in [9.17, 15) is 9.90 Å². The Morgan fingerprint density at radius 2 is 2.05 bits per heavy atom. The molecule has 112 valence electrons. The van der Waals surface area contributed by atoms with Gasteiger partial charge < -0.3 is 15.7 Å². The Balaban J connectivity index is 1.87. The molecule has 1 saturated heterocycles. The number of phenols is 1. The van der Waals surface area contributed by atoms with Crippen LogP contribution in [0.1, 0.15) is 23.6 Å². The number of carbonyl (C=O) groups excluding carboxylic acids is 1. The predicted octanol–water partition coefficient (Wildman–Crippen LogP) is 2.97. The van der Waals surface area contributed by atoms with Crippen molar-refractivity contribution < 1.29 is 9.90 Å². The van der Waals surface area contributed by atoms with Crippen LogP contribution >= 0.6 is 11.6 Å². The maximum Gasteiger partial charge on any atom is 0.237 e. The molecule has 2 heterocycles. The predicted molar refractivity (Wildman–Crippen MR) is 85.2 cm³/mol. The highest BCUT2D eigenvalue weighted by molar-refractivity contribution is 6.32. The number of hydrogen-bond donors (Lipinski definition) is 3. The third kappa shape index (κ3) is 1.71. The molecule has 2 aliphatic rings. The molecule has 2 aromatic rings. The Morgan fingerprint density at radius 1 is 1.23 bits per heavy atom. The Labute approximate surface area is 133 Å². The number of hydrogen-bond acceptors (Lipinski definition) is 3. The van der Waals surface area contributed by atoms with E-state index in [0.29, 0.717) is 5.02 Å². The second-order valence-corrected chi connectivity index (χ2v) is 6.23. The van der Waals surface area contributed by atoms with Gasteiger partial charge in [0.05, 0.1) is 16.5 Å². The van der Waals surface area contributed by atoms with E-state index >= 15 is 0 Å². The number of anilines is 1. The molecule has 0 aliphatic carbocycles. The van der Waals surface area contributed by atoms with Gasteiger partial charge in [-0.1, -0.05) is 35.9 Å². The minimum atomic E-state index is -0.614. The normalized spacial score (nSPS) is 26.2. The highest BCUT2D eigenvalue weighted by atomic mass is 35.5. The molecule has 0 aromatic heterocycles.